The Bertz CT molecular complexity index is 963. The molecule has 0 spiro atoms. The minimum atomic E-state index is -0.557. The molecule has 0 radical (unpaired) electrons. The van der Waals surface area contributed by atoms with Crippen LogP contribution in [0.4, 0.5) is 4.79 Å². The van der Waals surface area contributed by atoms with Crippen LogP contribution >= 0.6 is 27.5 Å². The summed E-state index contributed by atoms with van der Waals surface area (Å²) in [7, 11) is 0. The van der Waals surface area contributed by atoms with E-state index in [-0.39, 0.29) is 17.0 Å². The number of nitrogens with one attached hydrogen (secondary N) is 1. The van der Waals surface area contributed by atoms with Gasteiger partial charge in [0.05, 0.1) is 6.04 Å². The van der Waals surface area contributed by atoms with Crippen LogP contribution in [0.15, 0.2) is 45.8 Å². The fourth-order valence-electron chi connectivity index (χ4n) is 4.00. The Morgan fingerprint density at radius 2 is 2.00 bits per heavy atom. The van der Waals surface area contributed by atoms with Gasteiger partial charge in [-0.1, -0.05) is 23.7 Å². The van der Waals surface area contributed by atoms with E-state index in [4.69, 9.17) is 16.3 Å². The molecule has 1 aromatic heterocycles. The van der Waals surface area contributed by atoms with Gasteiger partial charge in [-0.3, -0.25) is 4.79 Å². The van der Waals surface area contributed by atoms with Crippen LogP contribution in [0.5, 0.6) is 0 Å². The number of amides is 1. The average molecular weight is 497 g/mol. The van der Waals surface area contributed by atoms with E-state index in [1.165, 1.54) is 6.07 Å². The second-order valence-electron chi connectivity index (χ2n) is 8.82. The molecule has 1 aromatic carbocycles. The van der Waals surface area contributed by atoms with Crippen LogP contribution in [0.2, 0.25) is 5.02 Å². The van der Waals surface area contributed by atoms with Crippen molar-refractivity contribution in [2.45, 2.75) is 63.5 Å². The lowest BCUT2D eigenvalue weighted by Crippen LogP contribution is -2.45. The number of halogens is 2. The zero-order valence-corrected chi connectivity index (χ0v) is 19.8. The Labute approximate surface area is 190 Å². The molecule has 0 aliphatic heterocycles. The Morgan fingerprint density at radius 1 is 1.30 bits per heavy atom. The first-order chi connectivity index (χ1) is 14.1. The molecule has 1 N–H and O–H groups in total. The zero-order valence-electron chi connectivity index (χ0n) is 17.5. The summed E-state index contributed by atoms with van der Waals surface area (Å²) in [5.74, 6) is 0. The topological polar surface area (TPSA) is 73.2 Å². The summed E-state index contributed by atoms with van der Waals surface area (Å²) < 4.78 is 7.62. The smallest absolute Gasteiger partial charge is 0.407 e. The monoisotopic (exact) mass is 495 g/mol. The van der Waals surface area contributed by atoms with Gasteiger partial charge in [0.2, 0.25) is 0 Å². The molecule has 0 atom stereocenters. The average Bonchev–Trinajstić information content (AvgIpc) is 2.67. The Kier molecular flexibility index (Phi) is 6.92. The maximum Gasteiger partial charge on any atom is 0.407 e. The number of nitrogens with zero attached hydrogens (tertiary/aromatic N) is 2. The summed E-state index contributed by atoms with van der Waals surface area (Å²) in [6.45, 7) is 5.96. The third-order valence-corrected chi connectivity index (χ3v) is 6.12. The third-order valence-electron chi connectivity index (χ3n) is 5.46. The lowest BCUT2D eigenvalue weighted by Gasteiger charge is -2.41. The quantitative estimate of drug-likeness (QED) is 0.628. The predicted octanol–water partition coefficient (Wildman–Crippen LogP) is 5.24. The maximum atomic E-state index is 12.3. The van der Waals surface area contributed by atoms with Crippen LogP contribution < -0.4 is 10.9 Å². The van der Waals surface area contributed by atoms with Crippen molar-refractivity contribution in [1.29, 1.82) is 0 Å². The van der Waals surface area contributed by atoms with Crippen molar-refractivity contribution in [3.8, 4) is 0 Å². The van der Waals surface area contributed by atoms with E-state index in [1.807, 2.05) is 45.0 Å². The van der Waals surface area contributed by atoms with E-state index in [2.05, 4.69) is 26.3 Å². The summed E-state index contributed by atoms with van der Waals surface area (Å²) in [5.41, 5.74) is 0.135. The molecular formula is C22H27BrClN3O3. The van der Waals surface area contributed by atoms with E-state index in [9.17, 15) is 9.59 Å². The fraction of sp³-hybridized carbons (Fsp3) is 0.500. The van der Waals surface area contributed by atoms with Gasteiger partial charge in [0, 0.05) is 23.0 Å². The van der Waals surface area contributed by atoms with Crippen LogP contribution in [0.3, 0.4) is 0 Å². The van der Waals surface area contributed by atoms with Gasteiger partial charge in [0.15, 0.2) is 0 Å². The molecule has 0 unspecified atom stereocenters. The maximum absolute atomic E-state index is 12.3. The normalized spacial score (nSPS) is 21.8. The molecular weight excluding hydrogens is 470 g/mol. The van der Waals surface area contributed by atoms with Crippen LogP contribution in [0.25, 0.3) is 0 Å². The number of aromatic nitrogens is 2. The standard InChI is InChI=1S/C22H27BrClN3O3/c1-21(2,3)30-20(29)25-14-22(15-5-4-6-16(24)13-15)11-9-17(10-12-22)27-19(28)8-7-18(23)26-27/h4-8,13,17H,9-12,14H2,1-3H3,(H,25,29)/t17-,22-. The number of hydrogen-bond donors (Lipinski definition) is 1. The number of ether oxygens (including phenoxy) is 1. The van der Waals surface area contributed by atoms with Crippen molar-refractivity contribution in [1.82, 2.24) is 15.1 Å². The van der Waals surface area contributed by atoms with Crippen molar-refractivity contribution >= 4 is 33.6 Å². The molecule has 1 amide bonds. The van der Waals surface area contributed by atoms with Crippen molar-refractivity contribution < 1.29 is 9.53 Å². The van der Waals surface area contributed by atoms with E-state index >= 15 is 0 Å². The molecule has 2 aromatic rings. The highest BCUT2D eigenvalue weighted by molar-refractivity contribution is 9.10. The largest absolute Gasteiger partial charge is 0.444 e. The number of alkyl carbamates (subject to hydrolysis) is 1. The van der Waals surface area contributed by atoms with Crippen molar-refractivity contribution in [2.24, 2.45) is 0 Å². The summed E-state index contributed by atoms with van der Waals surface area (Å²) in [5, 5.41) is 7.97. The van der Waals surface area contributed by atoms with Crippen molar-refractivity contribution in [3.05, 3.63) is 61.9 Å². The predicted molar refractivity (Wildman–Crippen MR) is 121 cm³/mol. The van der Waals surface area contributed by atoms with Gasteiger partial charge in [-0.25, -0.2) is 9.48 Å². The van der Waals surface area contributed by atoms with Gasteiger partial charge in [0.1, 0.15) is 10.2 Å². The van der Waals surface area contributed by atoms with Gasteiger partial charge in [-0.05, 0) is 86.1 Å². The van der Waals surface area contributed by atoms with Gasteiger partial charge in [-0.15, -0.1) is 0 Å². The van der Waals surface area contributed by atoms with E-state index in [0.29, 0.717) is 16.2 Å². The molecule has 1 heterocycles. The van der Waals surface area contributed by atoms with Gasteiger partial charge >= 0.3 is 6.09 Å². The zero-order chi connectivity index (χ0) is 21.9. The van der Waals surface area contributed by atoms with Gasteiger partial charge in [0.25, 0.3) is 5.56 Å². The van der Waals surface area contributed by atoms with Gasteiger partial charge in [-0.2, -0.15) is 5.10 Å². The van der Waals surface area contributed by atoms with E-state index < -0.39 is 11.7 Å². The number of benzene rings is 1. The van der Waals surface area contributed by atoms with Crippen molar-refractivity contribution in [3.63, 3.8) is 0 Å². The Hall–Kier alpha value is -1.86. The molecule has 8 heteroatoms. The summed E-state index contributed by atoms with van der Waals surface area (Å²) in [4.78, 5) is 24.6. The molecule has 3 rings (SSSR count). The molecule has 30 heavy (non-hydrogen) atoms. The highest BCUT2D eigenvalue weighted by Crippen LogP contribution is 2.43. The molecule has 6 nitrogen and oxygen atoms in total. The molecule has 1 fully saturated rings. The van der Waals surface area contributed by atoms with Crippen molar-refractivity contribution in [2.75, 3.05) is 6.54 Å². The number of rotatable bonds is 4. The summed E-state index contributed by atoms with van der Waals surface area (Å²) in [6.07, 6.45) is 2.68. The minimum Gasteiger partial charge on any atom is -0.444 e. The summed E-state index contributed by atoms with van der Waals surface area (Å²) >= 11 is 9.61. The minimum absolute atomic E-state index is 0.0174. The Balaban J connectivity index is 1.81. The highest BCUT2D eigenvalue weighted by Gasteiger charge is 2.38. The second-order valence-corrected chi connectivity index (χ2v) is 10.1. The molecule has 1 aliphatic carbocycles. The SMILES string of the molecule is CC(C)(C)OC(=O)NC[C@]1(c2cccc(Cl)c2)CC[C@H](n2nc(Br)ccc2=O)CC1. The first-order valence-corrected chi connectivity index (χ1v) is 11.2. The molecule has 1 aliphatic rings. The van der Waals surface area contributed by atoms with Crippen LogP contribution in [-0.2, 0) is 10.2 Å². The Morgan fingerprint density at radius 3 is 2.63 bits per heavy atom. The first kappa shape index (κ1) is 22.8. The lowest BCUT2D eigenvalue weighted by molar-refractivity contribution is 0.0504. The lowest BCUT2D eigenvalue weighted by atomic mass is 9.68. The summed E-state index contributed by atoms with van der Waals surface area (Å²) in [6, 6.07) is 11.0. The first-order valence-electron chi connectivity index (χ1n) is 10.1. The molecule has 0 saturated heterocycles. The van der Waals surface area contributed by atoms with Gasteiger partial charge < -0.3 is 10.1 Å². The van der Waals surface area contributed by atoms with Crippen LogP contribution in [0, 0.1) is 0 Å². The fourth-order valence-corrected chi connectivity index (χ4v) is 4.50. The molecule has 1 saturated carbocycles. The van der Waals surface area contributed by atoms with Crippen LogP contribution in [0.1, 0.15) is 58.1 Å². The van der Waals surface area contributed by atoms with E-state index in [0.717, 1.165) is 31.2 Å². The molecule has 0 bridgehead atoms. The number of carbonyl (C=O) groups excluding carboxylic acids is 1. The number of carbonyl (C=O) groups is 1. The second kappa shape index (κ2) is 9.10. The molecule has 162 valence electrons. The number of hydrogen-bond acceptors (Lipinski definition) is 4. The van der Waals surface area contributed by atoms with Crippen LogP contribution in [-0.4, -0.2) is 28.0 Å². The highest BCUT2D eigenvalue weighted by atomic mass is 79.9. The van der Waals surface area contributed by atoms with E-state index in [1.54, 1.807) is 10.7 Å². The third kappa shape index (κ3) is 5.64.